The maximum absolute atomic E-state index is 12.3. The summed E-state index contributed by atoms with van der Waals surface area (Å²) in [5.41, 5.74) is 0.890. The van der Waals surface area contributed by atoms with Gasteiger partial charge in [-0.3, -0.25) is 4.79 Å². The van der Waals surface area contributed by atoms with Gasteiger partial charge in [-0.25, -0.2) is 0 Å². The van der Waals surface area contributed by atoms with E-state index in [0.29, 0.717) is 18.5 Å². The van der Waals surface area contributed by atoms with Crippen LogP contribution in [-0.4, -0.2) is 32.1 Å². The molecule has 3 unspecified atom stereocenters. The fraction of sp³-hybridized carbons (Fsp3) is 0.588. The zero-order valence-corrected chi connectivity index (χ0v) is 13.0. The molecule has 0 aliphatic carbocycles. The largest absolute Gasteiger partial charge is 0.367 e. The van der Waals surface area contributed by atoms with E-state index in [1.54, 1.807) is 7.11 Å². The van der Waals surface area contributed by atoms with Gasteiger partial charge in [-0.15, -0.1) is 0 Å². The summed E-state index contributed by atoms with van der Waals surface area (Å²) in [7, 11) is 1.57. The van der Waals surface area contributed by atoms with E-state index < -0.39 is 6.10 Å². The number of rotatable bonds is 6. The van der Waals surface area contributed by atoms with Gasteiger partial charge in [0.1, 0.15) is 0 Å². The molecule has 1 aromatic carbocycles. The predicted molar refractivity (Wildman–Crippen MR) is 84.0 cm³/mol. The van der Waals surface area contributed by atoms with Crippen LogP contribution in [0.3, 0.4) is 0 Å². The van der Waals surface area contributed by atoms with Crippen molar-refractivity contribution in [2.24, 2.45) is 5.92 Å². The number of ether oxygens (including phenoxy) is 1. The standard InChI is InChI=1S/C17H26N2O2/c1-3-13-10-7-11-18-15(13)12-19-17(20)16(21-2)14-8-5-4-6-9-14/h4-6,8-9,13,15-16,18H,3,7,10-12H2,1-2H3,(H,19,20). The molecule has 0 aromatic heterocycles. The first-order valence-corrected chi connectivity index (χ1v) is 7.85. The predicted octanol–water partition coefficient (Wildman–Crippen LogP) is 2.27. The van der Waals surface area contributed by atoms with Crippen LogP contribution in [0.4, 0.5) is 0 Å². The second kappa shape index (κ2) is 8.15. The molecule has 0 saturated carbocycles. The smallest absolute Gasteiger partial charge is 0.253 e. The molecule has 1 amide bonds. The Labute approximate surface area is 127 Å². The lowest BCUT2D eigenvalue weighted by atomic mass is 9.88. The number of nitrogens with one attached hydrogen (secondary N) is 2. The van der Waals surface area contributed by atoms with Crippen molar-refractivity contribution in [3.05, 3.63) is 35.9 Å². The first-order chi connectivity index (χ1) is 10.3. The van der Waals surface area contributed by atoms with Gasteiger partial charge in [0.05, 0.1) is 0 Å². The molecule has 116 valence electrons. The highest BCUT2D eigenvalue weighted by Gasteiger charge is 2.25. The van der Waals surface area contributed by atoms with Crippen molar-refractivity contribution in [1.29, 1.82) is 0 Å². The van der Waals surface area contributed by atoms with Gasteiger partial charge in [-0.1, -0.05) is 43.7 Å². The molecule has 1 heterocycles. The van der Waals surface area contributed by atoms with Crippen LogP contribution in [0, 0.1) is 5.92 Å². The first-order valence-electron chi connectivity index (χ1n) is 7.85. The normalized spacial score (nSPS) is 23.5. The molecule has 0 spiro atoms. The number of carbonyl (C=O) groups excluding carboxylic acids is 1. The van der Waals surface area contributed by atoms with Gasteiger partial charge in [0.2, 0.25) is 0 Å². The second-order valence-electron chi connectivity index (χ2n) is 5.64. The molecule has 1 aliphatic rings. The number of hydrogen-bond donors (Lipinski definition) is 2. The lowest BCUT2D eigenvalue weighted by molar-refractivity contribution is -0.131. The monoisotopic (exact) mass is 290 g/mol. The average molecular weight is 290 g/mol. The van der Waals surface area contributed by atoms with E-state index in [4.69, 9.17) is 4.74 Å². The van der Waals surface area contributed by atoms with E-state index in [0.717, 1.165) is 18.5 Å². The fourth-order valence-corrected chi connectivity index (χ4v) is 3.07. The number of methoxy groups -OCH3 is 1. The Balaban J connectivity index is 1.90. The Morgan fingerprint density at radius 1 is 1.43 bits per heavy atom. The molecule has 1 aromatic rings. The molecule has 1 saturated heterocycles. The molecule has 4 heteroatoms. The average Bonchev–Trinajstić information content (AvgIpc) is 2.55. The summed E-state index contributed by atoms with van der Waals surface area (Å²) in [5.74, 6) is 0.586. The molecule has 21 heavy (non-hydrogen) atoms. The van der Waals surface area contributed by atoms with Crippen LogP contribution in [0.2, 0.25) is 0 Å². The van der Waals surface area contributed by atoms with E-state index >= 15 is 0 Å². The third-order valence-corrected chi connectivity index (χ3v) is 4.32. The van der Waals surface area contributed by atoms with Gasteiger partial charge >= 0.3 is 0 Å². The molecular formula is C17H26N2O2. The van der Waals surface area contributed by atoms with Crippen molar-refractivity contribution in [1.82, 2.24) is 10.6 Å². The zero-order chi connectivity index (χ0) is 15.1. The molecule has 0 bridgehead atoms. The Hall–Kier alpha value is -1.39. The van der Waals surface area contributed by atoms with Gasteiger partial charge in [0, 0.05) is 19.7 Å². The second-order valence-corrected chi connectivity index (χ2v) is 5.64. The number of hydrogen-bond acceptors (Lipinski definition) is 3. The van der Waals surface area contributed by atoms with E-state index in [-0.39, 0.29) is 5.91 Å². The van der Waals surface area contributed by atoms with Gasteiger partial charge in [-0.2, -0.15) is 0 Å². The van der Waals surface area contributed by atoms with Gasteiger partial charge in [0.25, 0.3) is 5.91 Å². The molecule has 0 radical (unpaired) electrons. The number of carbonyl (C=O) groups is 1. The summed E-state index contributed by atoms with van der Waals surface area (Å²) in [6, 6.07) is 9.99. The quantitative estimate of drug-likeness (QED) is 0.845. The first kappa shape index (κ1) is 16.0. The van der Waals surface area contributed by atoms with Crippen LogP contribution in [0.5, 0.6) is 0 Å². The molecule has 2 N–H and O–H groups in total. The molecule has 1 aliphatic heterocycles. The number of amides is 1. The minimum absolute atomic E-state index is 0.0640. The fourth-order valence-electron chi connectivity index (χ4n) is 3.07. The Morgan fingerprint density at radius 3 is 2.86 bits per heavy atom. The van der Waals surface area contributed by atoms with Crippen molar-refractivity contribution < 1.29 is 9.53 Å². The maximum Gasteiger partial charge on any atom is 0.253 e. The highest BCUT2D eigenvalue weighted by Crippen LogP contribution is 2.20. The van der Waals surface area contributed by atoms with Crippen LogP contribution < -0.4 is 10.6 Å². The maximum atomic E-state index is 12.3. The molecule has 4 nitrogen and oxygen atoms in total. The summed E-state index contributed by atoms with van der Waals surface area (Å²) >= 11 is 0. The van der Waals surface area contributed by atoms with E-state index in [9.17, 15) is 4.79 Å². The minimum atomic E-state index is -0.533. The van der Waals surface area contributed by atoms with Gasteiger partial charge in [-0.05, 0) is 30.9 Å². The van der Waals surface area contributed by atoms with Crippen molar-refractivity contribution in [2.75, 3.05) is 20.2 Å². The summed E-state index contributed by atoms with van der Waals surface area (Å²) < 4.78 is 5.36. The van der Waals surface area contributed by atoms with Crippen molar-refractivity contribution in [3.63, 3.8) is 0 Å². The van der Waals surface area contributed by atoms with Crippen LogP contribution in [-0.2, 0) is 9.53 Å². The molecule has 3 atom stereocenters. The highest BCUT2D eigenvalue weighted by atomic mass is 16.5. The third kappa shape index (κ3) is 4.29. The number of piperidine rings is 1. The van der Waals surface area contributed by atoms with E-state index in [2.05, 4.69) is 17.6 Å². The van der Waals surface area contributed by atoms with Crippen LogP contribution >= 0.6 is 0 Å². The van der Waals surface area contributed by atoms with Crippen LogP contribution in [0.1, 0.15) is 37.9 Å². The Morgan fingerprint density at radius 2 is 2.19 bits per heavy atom. The molecule has 2 rings (SSSR count). The minimum Gasteiger partial charge on any atom is -0.367 e. The highest BCUT2D eigenvalue weighted by molar-refractivity contribution is 5.82. The van der Waals surface area contributed by atoms with Gasteiger partial charge < -0.3 is 15.4 Å². The molecular weight excluding hydrogens is 264 g/mol. The summed E-state index contributed by atoms with van der Waals surface area (Å²) in [4.78, 5) is 12.3. The summed E-state index contributed by atoms with van der Waals surface area (Å²) in [6.45, 7) is 3.93. The topological polar surface area (TPSA) is 50.4 Å². The summed E-state index contributed by atoms with van der Waals surface area (Å²) in [5, 5.41) is 6.56. The molecule has 1 fully saturated rings. The Kier molecular flexibility index (Phi) is 6.21. The lowest BCUT2D eigenvalue weighted by Crippen LogP contribution is -2.49. The van der Waals surface area contributed by atoms with Gasteiger partial charge in [0.15, 0.2) is 6.10 Å². The van der Waals surface area contributed by atoms with Crippen molar-refractivity contribution >= 4 is 5.91 Å². The number of benzene rings is 1. The van der Waals surface area contributed by atoms with E-state index in [1.807, 2.05) is 30.3 Å². The summed E-state index contributed by atoms with van der Waals surface area (Å²) in [6.07, 6.45) is 3.10. The van der Waals surface area contributed by atoms with Crippen molar-refractivity contribution in [3.8, 4) is 0 Å². The van der Waals surface area contributed by atoms with Crippen LogP contribution in [0.25, 0.3) is 0 Å². The van der Waals surface area contributed by atoms with Crippen molar-refractivity contribution in [2.45, 2.75) is 38.3 Å². The zero-order valence-electron chi connectivity index (χ0n) is 13.0. The SMILES string of the molecule is CCC1CCCNC1CNC(=O)C(OC)c1ccccc1. The third-order valence-electron chi connectivity index (χ3n) is 4.32. The van der Waals surface area contributed by atoms with Crippen LogP contribution in [0.15, 0.2) is 30.3 Å². The van der Waals surface area contributed by atoms with E-state index in [1.165, 1.54) is 12.8 Å². The lowest BCUT2D eigenvalue weighted by Gasteiger charge is -2.32. The Bertz CT molecular complexity index is 436.